The molecule has 2 N–H and O–H groups in total. The zero-order chi connectivity index (χ0) is 12.6. The molecule has 9 heteroatoms. The lowest BCUT2D eigenvalue weighted by Gasteiger charge is -2.07. The maximum absolute atomic E-state index is 12.1. The van der Waals surface area contributed by atoms with E-state index >= 15 is 0 Å². The Morgan fingerprint density at radius 2 is 2.18 bits per heavy atom. The van der Waals surface area contributed by atoms with Crippen molar-refractivity contribution in [3.8, 4) is 0 Å². The summed E-state index contributed by atoms with van der Waals surface area (Å²) in [4.78, 5) is 0. The SMILES string of the molecule is Cc1cn[nH]c1NS(=O)(=O)c1c(Cl)cnn1C. The summed E-state index contributed by atoms with van der Waals surface area (Å²) in [5.41, 5.74) is 0.687. The van der Waals surface area contributed by atoms with E-state index in [2.05, 4.69) is 20.0 Å². The van der Waals surface area contributed by atoms with Crippen LogP contribution in [0.4, 0.5) is 5.82 Å². The molecule has 0 aliphatic carbocycles. The second kappa shape index (κ2) is 4.04. The lowest BCUT2D eigenvalue weighted by atomic mass is 10.4. The maximum atomic E-state index is 12.1. The minimum atomic E-state index is -3.78. The molecule has 0 aliphatic heterocycles. The number of hydrogen-bond donors (Lipinski definition) is 2. The summed E-state index contributed by atoms with van der Waals surface area (Å²) in [5.74, 6) is 0.308. The van der Waals surface area contributed by atoms with Gasteiger partial charge in [0, 0.05) is 12.6 Å². The van der Waals surface area contributed by atoms with Gasteiger partial charge in [-0.15, -0.1) is 0 Å². The number of aromatic nitrogens is 4. The molecule has 0 saturated carbocycles. The van der Waals surface area contributed by atoms with Crippen LogP contribution in [0.5, 0.6) is 0 Å². The molecule has 0 aliphatic rings. The highest BCUT2D eigenvalue weighted by atomic mass is 35.5. The topological polar surface area (TPSA) is 92.7 Å². The van der Waals surface area contributed by atoms with Gasteiger partial charge in [0.1, 0.15) is 5.82 Å². The van der Waals surface area contributed by atoms with Gasteiger partial charge < -0.3 is 0 Å². The number of H-pyrrole nitrogens is 1. The van der Waals surface area contributed by atoms with Crippen LogP contribution >= 0.6 is 11.6 Å². The summed E-state index contributed by atoms with van der Waals surface area (Å²) in [7, 11) is -2.28. The molecule has 0 bridgehead atoms. The van der Waals surface area contributed by atoms with E-state index in [9.17, 15) is 8.42 Å². The Morgan fingerprint density at radius 3 is 2.65 bits per heavy atom. The first kappa shape index (κ1) is 11.9. The normalized spacial score (nSPS) is 11.7. The van der Waals surface area contributed by atoms with E-state index in [0.717, 1.165) is 0 Å². The minimum Gasteiger partial charge on any atom is -0.262 e. The fourth-order valence-electron chi connectivity index (χ4n) is 1.33. The van der Waals surface area contributed by atoms with E-state index in [1.165, 1.54) is 24.1 Å². The van der Waals surface area contributed by atoms with Gasteiger partial charge in [0.05, 0.1) is 17.4 Å². The zero-order valence-electron chi connectivity index (χ0n) is 9.10. The predicted molar refractivity (Wildman–Crippen MR) is 62.4 cm³/mol. The van der Waals surface area contributed by atoms with Crippen LogP contribution in [0.1, 0.15) is 5.56 Å². The van der Waals surface area contributed by atoms with Crippen molar-refractivity contribution in [3.63, 3.8) is 0 Å². The Kier molecular flexibility index (Phi) is 2.84. The molecule has 0 atom stereocenters. The Morgan fingerprint density at radius 1 is 1.47 bits per heavy atom. The van der Waals surface area contributed by atoms with Crippen molar-refractivity contribution in [2.75, 3.05) is 4.72 Å². The van der Waals surface area contributed by atoms with Crippen molar-refractivity contribution in [2.24, 2.45) is 7.05 Å². The number of aromatic amines is 1. The molecule has 0 unspecified atom stereocenters. The van der Waals surface area contributed by atoms with Gasteiger partial charge >= 0.3 is 0 Å². The van der Waals surface area contributed by atoms with Crippen molar-refractivity contribution >= 4 is 27.4 Å². The van der Waals surface area contributed by atoms with Crippen molar-refractivity contribution in [2.45, 2.75) is 11.9 Å². The van der Waals surface area contributed by atoms with Crippen molar-refractivity contribution < 1.29 is 8.42 Å². The summed E-state index contributed by atoms with van der Waals surface area (Å²) in [6, 6.07) is 0. The molecule has 0 aromatic carbocycles. The highest BCUT2D eigenvalue weighted by Gasteiger charge is 2.23. The van der Waals surface area contributed by atoms with E-state index in [1.807, 2.05) is 0 Å². The quantitative estimate of drug-likeness (QED) is 0.871. The number of hydrogen-bond acceptors (Lipinski definition) is 4. The molecule has 7 nitrogen and oxygen atoms in total. The summed E-state index contributed by atoms with van der Waals surface area (Å²) in [6.45, 7) is 1.73. The van der Waals surface area contributed by atoms with E-state index < -0.39 is 10.0 Å². The molecule has 92 valence electrons. The number of halogens is 1. The number of nitrogens with one attached hydrogen (secondary N) is 2. The molecule has 0 saturated heterocycles. The second-order valence-electron chi connectivity index (χ2n) is 3.45. The fourth-order valence-corrected chi connectivity index (χ4v) is 3.08. The first-order valence-corrected chi connectivity index (χ1v) is 6.48. The summed E-state index contributed by atoms with van der Waals surface area (Å²) < 4.78 is 27.7. The molecule has 0 amide bonds. The number of sulfonamides is 1. The van der Waals surface area contributed by atoms with Crippen LogP contribution in [0.15, 0.2) is 17.4 Å². The van der Waals surface area contributed by atoms with Crippen LogP contribution in [-0.4, -0.2) is 28.4 Å². The molecule has 2 heterocycles. The van der Waals surface area contributed by atoms with Gasteiger partial charge in [0.2, 0.25) is 0 Å². The van der Waals surface area contributed by atoms with Crippen molar-refractivity contribution in [1.29, 1.82) is 0 Å². The van der Waals surface area contributed by atoms with E-state index in [0.29, 0.717) is 11.4 Å². The average Bonchev–Trinajstić information content (AvgIpc) is 2.74. The summed E-state index contributed by atoms with van der Waals surface area (Å²) >= 11 is 5.78. The van der Waals surface area contributed by atoms with Crippen molar-refractivity contribution in [1.82, 2.24) is 20.0 Å². The van der Waals surface area contributed by atoms with Crippen LogP contribution in [0.2, 0.25) is 5.02 Å². The first-order valence-electron chi connectivity index (χ1n) is 4.62. The average molecular weight is 276 g/mol. The summed E-state index contributed by atoms with van der Waals surface area (Å²) in [5, 5.41) is 10.0. The van der Waals surface area contributed by atoms with Gasteiger partial charge in [-0.25, -0.2) is 0 Å². The third-order valence-corrected chi connectivity index (χ3v) is 4.02. The Labute approximate surface area is 103 Å². The molecule has 2 aromatic heterocycles. The molecule has 17 heavy (non-hydrogen) atoms. The number of anilines is 1. The van der Waals surface area contributed by atoms with Gasteiger partial charge in [-0.2, -0.15) is 18.6 Å². The third-order valence-electron chi connectivity index (χ3n) is 2.16. The molecule has 0 fully saturated rings. The Bertz CT molecular complexity index is 625. The van der Waals surface area contributed by atoms with Gasteiger partial charge in [-0.05, 0) is 6.92 Å². The van der Waals surface area contributed by atoms with Crippen LogP contribution in [0, 0.1) is 6.92 Å². The highest BCUT2D eigenvalue weighted by molar-refractivity contribution is 7.92. The van der Waals surface area contributed by atoms with Crippen LogP contribution < -0.4 is 4.72 Å². The van der Waals surface area contributed by atoms with Crippen LogP contribution in [-0.2, 0) is 17.1 Å². The number of nitrogens with zero attached hydrogens (tertiary/aromatic N) is 3. The third kappa shape index (κ3) is 2.13. The second-order valence-corrected chi connectivity index (χ2v) is 5.46. The zero-order valence-corrected chi connectivity index (χ0v) is 10.7. The maximum Gasteiger partial charge on any atom is 0.281 e. The van der Waals surface area contributed by atoms with E-state index in [-0.39, 0.29) is 10.0 Å². The van der Waals surface area contributed by atoms with Crippen molar-refractivity contribution in [3.05, 3.63) is 23.0 Å². The molecular weight excluding hydrogens is 266 g/mol. The van der Waals surface area contributed by atoms with Gasteiger partial charge in [-0.3, -0.25) is 14.5 Å². The Balaban J connectivity index is 2.42. The smallest absolute Gasteiger partial charge is 0.262 e. The van der Waals surface area contributed by atoms with Crippen LogP contribution in [0.3, 0.4) is 0 Å². The van der Waals surface area contributed by atoms with Crippen LogP contribution in [0.25, 0.3) is 0 Å². The van der Waals surface area contributed by atoms with Gasteiger partial charge in [0.15, 0.2) is 5.03 Å². The Hall–Kier alpha value is -1.54. The van der Waals surface area contributed by atoms with E-state index in [4.69, 9.17) is 11.6 Å². The lowest BCUT2D eigenvalue weighted by Crippen LogP contribution is -2.17. The predicted octanol–water partition coefficient (Wildman–Crippen LogP) is 0.906. The number of rotatable bonds is 3. The van der Waals surface area contributed by atoms with Gasteiger partial charge in [0.25, 0.3) is 10.0 Å². The highest BCUT2D eigenvalue weighted by Crippen LogP contribution is 2.22. The molecule has 0 spiro atoms. The molecule has 2 rings (SSSR count). The van der Waals surface area contributed by atoms with E-state index in [1.54, 1.807) is 6.92 Å². The monoisotopic (exact) mass is 275 g/mol. The molecule has 0 radical (unpaired) electrons. The summed E-state index contributed by atoms with van der Waals surface area (Å²) in [6.07, 6.45) is 2.79. The molecule has 2 aromatic rings. The van der Waals surface area contributed by atoms with Gasteiger partial charge in [-0.1, -0.05) is 11.6 Å². The largest absolute Gasteiger partial charge is 0.281 e. The minimum absolute atomic E-state index is 0.0668. The number of aryl methyl sites for hydroxylation is 2. The standard InChI is InChI=1S/C8H10ClN5O2S/c1-5-3-10-12-7(5)13-17(15,16)8-6(9)4-11-14(8)2/h3-4H,1-2H3,(H2,10,12,13). The fraction of sp³-hybridized carbons (Fsp3) is 0.250. The first-order chi connectivity index (χ1) is 7.92. The lowest BCUT2D eigenvalue weighted by molar-refractivity contribution is 0.582. The molecular formula is C8H10ClN5O2S.